The summed E-state index contributed by atoms with van der Waals surface area (Å²) in [6.45, 7) is 1.38. The minimum Gasteiger partial charge on any atom is -0.493 e. The number of likely N-dealkylation sites (tertiary alicyclic amines) is 1. The number of nitrogens with zero attached hydrogens (tertiary/aromatic N) is 4. The molecule has 0 N–H and O–H groups in total. The third kappa shape index (κ3) is 3.94. The van der Waals surface area contributed by atoms with Crippen molar-refractivity contribution in [2.75, 3.05) is 20.8 Å². The SMILES string of the molecule is COc1ccc(C2CCCN2C(=O)c2ccc(Cn3cncn3)cc2)cc1OC. The standard InChI is InChI=1S/C22H24N4O3/c1-28-20-10-9-18(12-21(20)29-2)19-4-3-11-26(19)22(27)17-7-5-16(6-8-17)13-25-15-23-14-24-25/h5-10,12,14-15,19H,3-4,11,13H2,1-2H3. The number of hydrogen-bond acceptors (Lipinski definition) is 5. The smallest absolute Gasteiger partial charge is 0.254 e. The average Bonchev–Trinajstić information content (AvgIpc) is 3.45. The maximum Gasteiger partial charge on any atom is 0.254 e. The largest absolute Gasteiger partial charge is 0.493 e. The van der Waals surface area contributed by atoms with E-state index in [1.165, 1.54) is 6.33 Å². The molecule has 3 aromatic rings. The summed E-state index contributed by atoms with van der Waals surface area (Å²) in [4.78, 5) is 19.1. The Labute approximate surface area is 169 Å². The van der Waals surface area contributed by atoms with Crippen molar-refractivity contribution in [3.8, 4) is 11.5 Å². The van der Waals surface area contributed by atoms with Crippen molar-refractivity contribution >= 4 is 5.91 Å². The Morgan fingerprint density at radius 3 is 2.59 bits per heavy atom. The van der Waals surface area contributed by atoms with Crippen molar-refractivity contribution in [1.82, 2.24) is 19.7 Å². The number of rotatable bonds is 6. The molecule has 1 atom stereocenters. The summed E-state index contributed by atoms with van der Waals surface area (Å²) in [5, 5.41) is 4.11. The van der Waals surface area contributed by atoms with Gasteiger partial charge < -0.3 is 14.4 Å². The van der Waals surface area contributed by atoms with Crippen LogP contribution in [0.3, 0.4) is 0 Å². The second-order valence-corrected chi connectivity index (χ2v) is 7.06. The highest BCUT2D eigenvalue weighted by Crippen LogP contribution is 2.37. The van der Waals surface area contributed by atoms with E-state index in [1.807, 2.05) is 47.4 Å². The molecule has 0 saturated carbocycles. The molecule has 1 aromatic heterocycles. The van der Waals surface area contributed by atoms with Gasteiger partial charge in [0, 0.05) is 12.1 Å². The van der Waals surface area contributed by atoms with Gasteiger partial charge in [-0.3, -0.25) is 4.79 Å². The second kappa shape index (κ2) is 8.34. The molecular formula is C22H24N4O3. The molecule has 1 aliphatic heterocycles. The maximum atomic E-state index is 13.2. The zero-order valence-electron chi connectivity index (χ0n) is 16.6. The van der Waals surface area contributed by atoms with Crippen molar-refractivity contribution in [2.24, 2.45) is 0 Å². The molecular weight excluding hydrogens is 368 g/mol. The van der Waals surface area contributed by atoms with Crippen LogP contribution in [0.5, 0.6) is 11.5 Å². The molecule has 0 aliphatic carbocycles. The number of hydrogen-bond donors (Lipinski definition) is 0. The van der Waals surface area contributed by atoms with Gasteiger partial charge in [-0.2, -0.15) is 5.10 Å². The molecule has 7 nitrogen and oxygen atoms in total. The molecule has 2 aromatic carbocycles. The van der Waals surface area contributed by atoms with E-state index in [-0.39, 0.29) is 11.9 Å². The van der Waals surface area contributed by atoms with Gasteiger partial charge in [-0.15, -0.1) is 0 Å². The summed E-state index contributed by atoms with van der Waals surface area (Å²) in [6.07, 6.45) is 5.11. The van der Waals surface area contributed by atoms with Crippen LogP contribution in [0.25, 0.3) is 0 Å². The summed E-state index contributed by atoms with van der Waals surface area (Å²) in [6, 6.07) is 13.6. The first-order chi connectivity index (χ1) is 14.2. The number of ether oxygens (including phenoxy) is 2. The normalized spacial score (nSPS) is 16.1. The maximum absolute atomic E-state index is 13.2. The zero-order chi connectivity index (χ0) is 20.2. The van der Waals surface area contributed by atoms with E-state index in [1.54, 1.807) is 25.2 Å². The third-order valence-electron chi connectivity index (χ3n) is 5.32. The first-order valence-electron chi connectivity index (χ1n) is 9.64. The number of carbonyl (C=O) groups is 1. The van der Waals surface area contributed by atoms with Gasteiger partial charge in [-0.1, -0.05) is 18.2 Å². The van der Waals surface area contributed by atoms with Gasteiger partial charge in [0.1, 0.15) is 12.7 Å². The van der Waals surface area contributed by atoms with E-state index >= 15 is 0 Å². The minimum atomic E-state index is 0.0390. The van der Waals surface area contributed by atoms with Crippen molar-refractivity contribution in [1.29, 1.82) is 0 Å². The zero-order valence-corrected chi connectivity index (χ0v) is 16.6. The van der Waals surface area contributed by atoms with Crippen LogP contribution in [0.4, 0.5) is 0 Å². The second-order valence-electron chi connectivity index (χ2n) is 7.06. The molecule has 1 fully saturated rings. The summed E-state index contributed by atoms with van der Waals surface area (Å²) in [5.74, 6) is 1.42. The molecule has 0 bridgehead atoms. The molecule has 1 saturated heterocycles. The van der Waals surface area contributed by atoms with Crippen LogP contribution in [0.1, 0.15) is 40.4 Å². The molecule has 29 heavy (non-hydrogen) atoms. The van der Waals surface area contributed by atoms with E-state index < -0.39 is 0 Å². The van der Waals surface area contributed by atoms with Gasteiger partial charge in [0.15, 0.2) is 11.5 Å². The first-order valence-corrected chi connectivity index (χ1v) is 9.64. The van der Waals surface area contributed by atoms with Crippen LogP contribution in [-0.2, 0) is 6.54 Å². The number of carbonyl (C=O) groups excluding carboxylic acids is 1. The number of benzene rings is 2. The van der Waals surface area contributed by atoms with E-state index in [9.17, 15) is 4.79 Å². The van der Waals surface area contributed by atoms with Crippen molar-refractivity contribution in [3.05, 3.63) is 71.8 Å². The minimum absolute atomic E-state index is 0.0390. The first kappa shape index (κ1) is 19.0. The van der Waals surface area contributed by atoms with Crippen LogP contribution in [0.15, 0.2) is 55.1 Å². The van der Waals surface area contributed by atoms with Crippen LogP contribution in [-0.4, -0.2) is 46.3 Å². The van der Waals surface area contributed by atoms with E-state index in [4.69, 9.17) is 9.47 Å². The average molecular weight is 392 g/mol. The number of amides is 1. The predicted octanol–water partition coefficient (Wildman–Crippen LogP) is 3.32. The fraction of sp³-hybridized carbons (Fsp3) is 0.318. The number of aromatic nitrogens is 3. The highest BCUT2D eigenvalue weighted by Gasteiger charge is 2.31. The Morgan fingerprint density at radius 1 is 1.10 bits per heavy atom. The van der Waals surface area contributed by atoms with Crippen LogP contribution in [0.2, 0.25) is 0 Å². The molecule has 7 heteroatoms. The monoisotopic (exact) mass is 392 g/mol. The summed E-state index contributed by atoms with van der Waals surface area (Å²) < 4.78 is 12.5. The quantitative estimate of drug-likeness (QED) is 0.644. The Hall–Kier alpha value is -3.35. The van der Waals surface area contributed by atoms with Gasteiger partial charge in [0.2, 0.25) is 0 Å². The molecule has 1 aliphatic rings. The molecule has 0 spiro atoms. The molecule has 150 valence electrons. The van der Waals surface area contributed by atoms with Gasteiger partial charge >= 0.3 is 0 Å². The summed E-state index contributed by atoms with van der Waals surface area (Å²) >= 11 is 0. The van der Waals surface area contributed by atoms with Gasteiger partial charge in [-0.25, -0.2) is 9.67 Å². The van der Waals surface area contributed by atoms with Gasteiger partial charge in [0.25, 0.3) is 5.91 Å². The molecule has 0 radical (unpaired) electrons. The summed E-state index contributed by atoms with van der Waals surface area (Å²) in [7, 11) is 3.25. The topological polar surface area (TPSA) is 69.5 Å². The van der Waals surface area contributed by atoms with E-state index in [0.717, 1.165) is 30.5 Å². The lowest BCUT2D eigenvalue weighted by atomic mass is 10.0. The van der Waals surface area contributed by atoms with E-state index in [0.29, 0.717) is 23.6 Å². The fourth-order valence-corrected chi connectivity index (χ4v) is 3.84. The molecule has 1 unspecified atom stereocenters. The van der Waals surface area contributed by atoms with Crippen molar-refractivity contribution in [2.45, 2.75) is 25.4 Å². The molecule has 2 heterocycles. The summed E-state index contributed by atoms with van der Waals surface area (Å²) in [5.41, 5.74) is 2.83. The Kier molecular flexibility index (Phi) is 5.46. The highest BCUT2D eigenvalue weighted by atomic mass is 16.5. The third-order valence-corrected chi connectivity index (χ3v) is 5.32. The Bertz CT molecular complexity index is 970. The Balaban J connectivity index is 1.52. The van der Waals surface area contributed by atoms with Gasteiger partial charge in [-0.05, 0) is 48.2 Å². The Morgan fingerprint density at radius 2 is 1.90 bits per heavy atom. The van der Waals surface area contributed by atoms with E-state index in [2.05, 4.69) is 10.1 Å². The lowest BCUT2D eigenvalue weighted by molar-refractivity contribution is 0.0735. The van der Waals surface area contributed by atoms with Gasteiger partial charge in [0.05, 0.1) is 26.8 Å². The lowest BCUT2D eigenvalue weighted by Crippen LogP contribution is -2.30. The van der Waals surface area contributed by atoms with Crippen LogP contribution < -0.4 is 9.47 Å². The molecule has 1 amide bonds. The lowest BCUT2D eigenvalue weighted by Gasteiger charge is -2.26. The van der Waals surface area contributed by atoms with Crippen molar-refractivity contribution in [3.63, 3.8) is 0 Å². The predicted molar refractivity (Wildman–Crippen MR) is 108 cm³/mol. The van der Waals surface area contributed by atoms with Crippen LogP contribution in [0, 0.1) is 0 Å². The van der Waals surface area contributed by atoms with Crippen molar-refractivity contribution < 1.29 is 14.3 Å². The fourth-order valence-electron chi connectivity index (χ4n) is 3.84. The highest BCUT2D eigenvalue weighted by molar-refractivity contribution is 5.94. The van der Waals surface area contributed by atoms with Crippen LogP contribution >= 0.6 is 0 Å². The number of methoxy groups -OCH3 is 2. The molecule has 4 rings (SSSR count).